The molecule has 8 heteroatoms. The van der Waals surface area contributed by atoms with Crippen molar-refractivity contribution in [3.8, 4) is 0 Å². The van der Waals surface area contributed by atoms with Gasteiger partial charge in [-0.05, 0) is 50.6 Å². The first kappa shape index (κ1) is 23.6. The number of esters is 1. The minimum absolute atomic E-state index is 0.0140. The molecule has 0 bridgehead atoms. The highest BCUT2D eigenvalue weighted by atomic mass is 32.2. The van der Waals surface area contributed by atoms with Crippen molar-refractivity contribution < 1.29 is 22.7 Å². The van der Waals surface area contributed by atoms with Crippen LogP contribution >= 0.6 is 0 Å². The van der Waals surface area contributed by atoms with Crippen LogP contribution in [0.3, 0.4) is 0 Å². The van der Waals surface area contributed by atoms with Gasteiger partial charge in [-0.2, -0.15) is 0 Å². The van der Waals surface area contributed by atoms with E-state index in [0.717, 1.165) is 11.1 Å². The van der Waals surface area contributed by atoms with Crippen LogP contribution in [-0.2, 0) is 19.6 Å². The van der Waals surface area contributed by atoms with Crippen LogP contribution in [0.4, 0.5) is 0 Å². The van der Waals surface area contributed by atoms with Crippen LogP contribution in [0, 0.1) is 6.92 Å². The highest BCUT2D eigenvalue weighted by molar-refractivity contribution is 7.89. The van der Waals surface area contributed by atoms with Gasteiger partial charge in [0, 0.05) is 12.1 Å². The second-order valence-electron chi connectivity index (χ2n) is 7.21. The lowest BCUT2D eigenvalue weighted by atomic mass is 10.0. The number of sulfonamides is 1. The largest absolute Gasteiger partial charge is 0.463 e. The molecule has 0 saturated heterocycles. The second-order valence-corrected chi connectivity index (χ2v) is 8.97. The molecule has 0 spiro atoms. The van der Waals surface area contributed by atoms with Crippen LogP contribution in [0.2, 0.25) is 0 Å². The van der Waals surface area contributed by atoms with Crippen LogP contribution < -0.4 is 10.0 Å². The minimum Gasteiger partial charge on any atom is -0.463 e. The fourth-order valence-electron chi connectivity index (χ4n) is 2.83. The molecule has 1 atom stereocenters. The third-order valence-electron chi connectivity index (χ3n) is 4.28. The van der Waals surface area contributed by atoms with E-state index in [0.29, 0.717) is 5.56 Å². The fourth-order valence-corrected chi connectivity index (χ4v) is 3.87. The van der Waals surface area contributed by atoms with E-state index in [1.165, 1.54) is 24.3 Å². The molecule has 0 aliphatic carbocycles. The molecule has 0 aliphatic heterocycles. The third-order valence-corrected chi connectivity index (χ3v) is 5.85. The van der Waals surface area contributed by atoms with Gasteiger partial charge >= 0.3 is 5.97 Å². The molecule has 0 radical (unpaired) electrons. The topological polar surface area (TPSA) is 102 Å². The van der Waals surface area contributed by atoms with Crippen molar-refractivity contribution in [1.82, 2.24) is 10.0 Å². The predicted octanol–water partition coefficient (Wildman–Crippen LogP) is 3.11. The Morgan fingerprint density at radius 1 is 1.00 bits per heavy atom. The molecular formula is C22H28N2O5S. The summed E-state index contributed by atoms with van der Waals surface area (Å²) < 4.78 is 31.7. The maximum atomic E-state index is 12.8. The highest BCUT2D eigenvalue weighted by Crippen LogP contribution is 2.20. The zero-order valence-corrected chi connectivity index (χ0v) is 18.5. The lowest BCUT2D eigenvalue weighted by Crippen LogP contribution is -2.31. The summed E-state index contributed by atoms with van der Waals surface area (Å²) in [7, 11) is -3.59. The lowest BCUT2D eigenvalue weighted by Gasteiger charge is -2.20. The van der Waals surface area contributed by atoms with Crippen LogP contribution in [0.1, 0.15) is 54.7 Å². The Labute approximate surface area is 177 Å². The summed E-state index contributed by atoms with van der Waals surface area (Å²) in [5.41, 5.74) is 2.13. The van der Waals surface area contributed by atoms with E-state index in [4.69, 9.17) is 4.74 Å². The van der Waals surface area contributed by atoms with Crippen molar-refractivity contribution in [3.05, 3.63) is 65.2 Å². The molecule has 7 nitrogen and oxygen atoms in total. The summed E-state index contributed by atoms with van der Waals surface area (Å²) in [5, 5.41) is 2.85. The number of ether oxygens (including phenoxy) is 1. The van der Waals surface area contributed by atoms with Crippen molar-refractivity contribution in [2.45, 2.75) is 51.2 Å². The molecule has 2 N–H and O–H groups in total. The SMILES string of the molecule is CCNS(=O)(=O)c1ccc(C(=O)NC(CC(=O)OC(C)C)c2ccc(C)cc2)cc1. The normalized spacial score (nSPS) is 12.4. The van der Waals surface area contributed by atoms with E-state index >= 15 is 0 Å². The summed E-state index contributed by atoms with van der Waals surface area (Å²) in [5.74, 6) is -0.826. The van der Waals surface area contributed by atoms with Gasteiger partial charge in [0.05, 0.1) is 23.5 Å². The predicted molar refractivity (Wildman–Crippen MR) is 115 cm³/mol. The van der Waals surface area contributed by atoms with Gasteiger partial charge in [-0.15, -0.1) is 0 Å². The van der Waals surface area contributed by atoms with Gasteiger partial charge in [-0.3, -0.25) is 9.59 Å². The molecule has 1 unspecified atom stereocenters. The molecule has 162 valence electrons. The van der Waals surface area contributed by atoms with Gasteiger partial charge in [0.25, 0.3) is 5.91 Å². The van der Waals surface area contributed by atoms with E-state index in [2.05, 4.69) is 10.0 Å². The number of rotatable bonds is 9. The number of aryl methyl sites for hydroxylation is 1. The molecule has 2 aromatic carbocycles. The van der Waals surface area contributed by atoms with Crippen LogP contribution in [-0.4, -0.2) is 32.9 Å². The molecule has 0 aromatic heterocycles. The monoisotopic (exact) mass is 432 g/mol. The van der Waals surface area contributed by atoms with Gasteiger partial charge in [0.1, 0.15) is 0 Å². The highest BCUT2D eigenvalue weighted by Gasteiger charge is 2.21. The first-order chi connectivity index (χ1) is 14.1. The number of carbonyl (C=O) groups is 2. The summed E-state index contributed by atoms with van der Waals surface area (Å²) in [6.07, 6.45) is -0.266. The summed E-state index contributed by atoms with van der Waals surface area (Å²) >= 11 is 0. The van der Waals surface area contributed by atoms with Crippen LogP contribution in [0.15, 0.2) is 53.4 Å². The molecule has 0 saturated carbocycles. The van der Waals surface area contributed by atoms with E-state index in [-0.39, 0.29) is 24.0 Å². The average Bonchev–Trinajstić information content (AvgIpc) is 2.67. The Morgan fingerprint density at radius 2 is 1.60 bits per heavy atom. The molecule has 2 aromatic rings. The first-order valence-electron chi connectivity index (χ1n) is 9.79. The molecule has 30 heavy (non-hydrogen) atoms. The van der Waals surface area contributed by atoms with E-state index in [1.807, 2.05) is 31.2 Å². The molecule has 0 fully saturated rings. The fraction of sp³-hybridized carbons (Fsp3) is 0.364. The van der Waals surface area contributed by atoms with Gasteiger partial charge in [-0.1, -0.05) is 36.8 Å². The Morgan fingerprint density at radius 3 is 2.13 bits per heavy atom. The van der Waals surface area contributed by atoms with E-state index in [9.17, 15) is 18.0 Å². The van der Waals surface area contributed by atoms with Gasteiger partial charge < -0.3 is 10.1 Å². The Balaban J connectivity index is 2.20. The third kappa shape index (κ3) is 6.67. The molecule has 0 heterocycles. The Bertz CT molecular complexity index is 968. The Hall–Kier alpha value is -2.71. The Kier molecular flexibility index (Phi) is 8.14. The standard InChI is InChI=1S/C22H28N2O5S/c1-5-23-30(27,28)19-12-10-18(11-13-19)22(26)24-20(14-21(25)29-15(2)3)17-8-6-16(4)7-9-17/h6-13,15,20,23H,5,14H2,1-4H3,(H,24,26). The minimum atomic E-state index is -3.59. The van der Waals surface area contributed by atoms with E-state index in [1.54, 1.807) is 20.8 Å². The molecule has 1 amide bonds. The molecule has 0 aliphatic rings. The molecule has 2 rings (SSSR count). The van der Waals surface area contributed by atoms with Crippen LogP contribution in [0.5, 0.6) is 0 Å². The van der Waals surface area contributed by atoms with Crippen molar-refractivity contribution in [2.24, 2.45) is 0 Å². The summed E-state index contributed by atoms with van der Waals surface area (Å²) in [6.45, 7) is 7.44. The van der Waals surface area contributed by atoms with E-state index < -0.39 is 27.9 Å². The zero-order valence-electron chi connectivity index (χ0n) is 17.6. The average molecular weight is 433 g/mol. The second kappa shape index (κ2) is 10.4. The van der Waals surface area contributed by atoms with Crippen LogP contribution in [0.25, 0.3) is 0 Å². The number of benzene rings is 2. The maximum absolute atomic E-state index is 12.8. The number of carbonyl (C=O) groups excluding carboxylic acids is 2. The molecular weight excluding hydrogens is 404 g/mol. The number of hydrogen-bond acceptors (Lipinski definition) is 5. The number of nitrogens with one attached hydrogen (secondary N) is 2. The zero-order chi connectivity index (χ0) is 22.3. The van der Waals surface area contributed by atoms with Gasteiger partial charge in [0.2, 0.25) is 10.0 Å². The van der Waals surface area contributed by atoms with Crippen molar-refractivity contribution in [1.29, 1.82) is 0 Å². The first-order valence-corrected chi connectivity index (χ1v) is 11.3. The lowest BCUT2D eigenvalue weighted by molar-refractivity contribution is -0.147. The summed E-state index contributed by atoms with van der Waals surface area (Å²) in [6, 6.07) is 12.6. The number of hydrogen-bond donors (Lipinski definition) is 2. The van der Waals surface area contributed by atoms with Gasteiger partial charge in [-0.25, -0.2) is 13.1 Å². The van der Waals surface area contributed by atoms with Gasteiger partial charge in [0.15, 0.2) is 0 Å². The maximum Gasteiger partial charge on any atom is 0.308 e. The summed E-state index contributed by atoms with van der Waals surface area (Å²) in [4.78, 5) is 25.0. The quantitative estimate of drug-likeness (QED) is 0.593. The van der Waals surface area contributed by atoms with Crippen molar-refractivity contribution in [3.63, 3.8) is 0 Å². The number of amides is 1. The smallest absolute Gasteiger partial charge is 0.308 e. The van der Waals surface area contributed by atoms with Crippen molar-refractivity contribution in [2.75, 3.05) is 6.54 Å². The van der Waals surface area contributed by atoms with Crippen molar-refractivity contribution >= 4 is 21.9 Å².